The van der Waals surface area contributed by atoms with E-state index >= 15 is 0 Å². The maximum absolute atomic E-state index is 13.3. The SMILES string of the molecule is Cc1cc(C2(Cl)CNC(C(CC3CCC(O)CC3)NC(=O)C=Cc3cc(Cl)ccc3-n3cnnn3)=N2)ccc1NC(=O)O. The van der Waals surface area contributed by atoms with Crippen molar-refractivity contribution in [1.82, 2.24) is 30.8 Å². The predicted octanol–water partition coefficient (Wildman–Crippen LogP) is 4.25. The molecule has 14 heteroatoms. The number of nitrogens with one attached hydrogen (secondary N) is 3. The first-order valence-electron chi connectivity index (χ1n) is 13.9. The number of tetrazole rings is 1. The Bertz CT molecular complexity index is 1540. The van der Waals surface area contributed by atoms with Crippen LogP contribution >= 0.6 is 23.2 Å². The van der Waals surface area contributed by atoms with Crippen molar-refractivity contribution >= 4 is 52.8 Å². The van der Waals surface area contributed by atoms with Gasteiger partial charge >= 0.3 is 6.09 Å². The number of aliphatic imine (C=N–C) groups is 1. The molecule has 2 heterocycles. The summed E-state index contributed by atoms with van der Waals surface area (Å²) in [5, 5.41) is 39.6. The van der Waals surface area contributed by atoms with E-state index in [1.54, 1.807) is 49.4 Å². The van der Waals surface area contributed by atoms with Crippen LogP contribution in [-0.2, 0) is 9.79 Å². The lowest BCUT2D eigenvalue weighted by Gasteiger charge is -2.29. The Kier molecular flexibility index (Phi) is 9.28. The number of hydrogen-bond donors (Lipinski definition) is 5. The summed E-state index contributed by atoms with van der Waals surface area (Å²) in [4.78, 5) is 28.1. The van der Waals surface area contributed by atoms with Gasteiger partial charge < -0.3 is 20.8 Å². The molecule has 0 saturated heterocycles. The second kappa shape index (κ2) is 13.1. The second-order valence-electron chi connectivity index (χ2n) is 10.8. The third-order valence-electron chi connectivity index (χ3n) is 7.74. The minimum atomic E-state index is -1.15. The zero-order valence-corrected chi connectivity index (χ0v) is 24.9. The van der Waals surface area contributed by atoms with E-state index in [1.807, 2.05) is 0 Å². The molecule has 226 valence electrons. The van der Waals surface area contributed by atoms with E-state index in [-0.39, 0.29) is 17.9 Å². The summed E-state index contributed by atoms with van der Waals surface area (Å²) in [7, 11) is 0. The van der Waals surface area contributed by atoms with Crippen LogP contribution in [0.2, 0.25) is 5.02 Å². The minimum Gasteiger partial charge on any atom is -0.465 e. The van der Waals surface area contributed by atoms with Gasteiger partial charge in [0.05, 0.1) is 24.4 Å². The number of nitrogens with zero attached hydrogens (tertiary/aromatic N) is 5. The summed E-state index contributed by atoms with van der Waals surface area (Å²) in [6.45, 7) is 2.08. The lowest BCUT2D eigenvalue weighted by molar-refractivity contribution is -0.116. The predicted molar refractivity (Wildman–Crippen MR) is 164 cm³/mol. The molecule has 1 fully saturated rings. The number of hydrogen-bond acceptors (Lipinski definition) is 8. The molecular formula is C29H32Cl2N8O4. The van der Waals surface area contributed by atoms with Crippen molar-refractivity contribution in [3.05, 3.63) is 70.5 Å². The van der Waals surface area contributed by atoms with E-state index < -0.39 is 17.1 Å². The zero-order valence-electron chi connectivity index (χ0n) is 23.4. The van der Waals surface area contributed by atoms with Crippen molar-refractivity contribution in [2.75, 3.05) is 11.9 Å². The molecule has 2 atom stereocenters. The number of halogens is 2. The monoisotopic (exact) mass is 626 g/mol. The molecular weight excluding hydrogens is 595 g/mol. The van der Waals surface area contributed by atoms with Crippen LogP contribution in [0.15, 0.2) is 53.8 Å². The molecule has 0 bridgehead atoms. The van der Waals surface area contributed by atoms with Gasteiger partial charge in [0.25, 0.3) is 0 Å². The van der Waals surface area contributed by atoms with Crippen LogP contribution in [0.3, 0.4) is 0 Å². The Morgan fingerprint density at radius 3 is 2.70 bits per heavy atom. The fourth-order valence-corrected chi connectivity index (χ4v) is 5.94. The highest BCUT2D eigenvalue weighted by molar-refractivity contribution is 6.30. The molecule has 5 rings (SSSR count). The van der Waals surface area contributed by atoms with E-state index in [4.69, 9.17) is 33.3 Å². The molecule has 12 nitrogen and oxygen atoms in total. The van der Waals surface area contributed by atoms with E-state index in [9.17, 15) is 14.7 Å². The van der Waals surface area contributed by atoms with Crippen LogP contribution in [0.4, 0.5) is 10.5 Å². The second-order valence-corrected chi connectivity index (χ2v) is 11.9. The summed E-state index contributed by atoms with van der Waals surface area (Å²) in [5.41, 5.74) is 3.18. The van der Waals surface area contributed by atoms with Crippen LogP contribution in [0.25, 0.3) is 11.8 Å². The van der Waals surface area contributed by atoms with Crippen molar-refractivity contribution in [3.63, 3.8) is 0 Å². The van der Waals surface area contributed by atoms with E-state index in [0.29, 0.717) is 51.9 Å². The summed E-state index contributed by atoms with van der Waals surface area (Å²) in [6.07, 6.45) is 6.84. The standard InChI is InChI=1S/C29H32Cl2N8O4/c1-17-12-20(5-9-23(17)35-28(42)43)29(31)15-32-27(36-29)24(13-18-2-7-22(40)8-3-18)34-26(41)11-4-19-14-21(30)6-10-25(19)39-16-33-37-38-39/h4-6,9-12,14,16,18,22,24,35,40H,2-3,7-8,13,15H2,1H3,(H,32,36)(H,34,41)(H,42,43). The number of alkyl halides is 1. The Hall–Kier alpha value is -4.00. The number of aliphatic hydroxyl groups is 1. The van der Waals surface area contributed by atoms with Crippen molar-refractivity contribution in [1.29, 1.82) is 0 Å². The molecule has 1 aliphatic heterocycles. The summed E-state index contributed by atoms with van der Waals surface area (Å²) >= 11 is 13.2. The first-order chi connectivity index (χ1) is 20.6. The van der Waals surface area contributed by atoms with Crippen LogP contribution < -0.4 is 16.0 Å². The molecule has 2 aliphatic rings. The molecule has 43 heavy (non-hydrogen) atoms. The average Bonchev–Trinajstić information content (AvgIpc) is 3.65. The Morgan fingerprint density at radius 1 is 1.21 bits per heavy atom. The molecule has 2 amide bonds. The molecule has 0 spiro atoms. The molecule has 2 aromatic carbocycles. The molecule has 0 radical (unpaired) electrons. The van der Waals surface area contributed by atoms with Crippen LogP contribution in [-0.4, -0.2) is 66.9 Å². The number of carboxylic acid groups (broad SMARTS) is 1. The van der Waals surface area contributed by atoms with Gasteiger partial charge in [-0.15, -0.1) is 5.10 Å². The number of amidine groups is 1. The molecule has 1 aliphatic carbocycles. The number of aliphatic hydroxyl groups excluding tert-OH is 1. The van der Waals surface area contributed by atoms with Gasteiger partial charge in [0.1, 0.15) is 12.2 Å². The van der Waals surface area contributed by atoms with Gasteiger partial charge in [-0.1, -0.05) is 35.3 Å². The van der Waals surface area contributed by atoms with E-state index in [1.165, 1.54) is 17.1 Å². The number of aryl methyl sites for hydroxylation is 1. The van der Waals surface area contributed by atoms with Gasteiger partial charge in [0.15, 0.2) is 5.00 Å². The van der Waals surface area contributed by atoms with Gasteiger partial charge in [-0.25, -0.2) is 9.79 Å². The Balaban J connectivity index is 1.37. The number of benzene rings is 2. The highest BCUT2D eigenvalue weighted by Gasteiger charge is 2.38. The van der Waals surface area contributed by atoms with Crippen LogP contribution in [0.5, 0.6) is 0 Å². The average molecular weight is 628 g/mol. The highest BCUT2D eigenvalue weighted by Crippen LogP contribution is 2.36. The molecule has 1 saturated carbocycles. The van der Waals surface area contributed by atoms with Crippen LogP contribution in [0, 0.1) is 12.8 Å². The zero-order chi connectivity index (χ0) is 30.6. The number of carbonyl (C=O) groups is 2. The van der Waals surface area contributed by atoms with Gasteiger partial charge in [0, 0.05) is 22.3 Å². The molecule has 1 aromatic heterocycles. The quantitative estimate of drug-likeness (QED) is 0.133. The highest BCUT2D eigenvalue weighted by atomic mass is 35.5. The number of aromatic nitrogens is 4. The fourth-order valence-electron chi connectivity index (χ4n) is 5.48. The smallest absolute Gasteiger partial charge is 0.409 e. The molecule has 3 aromatic rings. The third-order valence-corrected chi connectivity index (χ3v) is 8.41. The number of carbonyl (C=O) groups excluding carboxylic acids is 1. The number of anilines is 1. The molecule has 5 N–H and O–H groups in total. The summed E-state index contributed by atoms with van der Waals surface area (Å²) < 4.78 is 1.48. The van der Waals surface area contributed by atoms with Crippen LogP contribution in [0.1, 0.15) is 48.8 Å². The van der Waals surface area contributed by atoms with Crippen molar-refractivity contribution in [3.8, 4) is 5.69 Å². The lowest BCUT2D eigenvalue weighted by Crippen LogP contribution is -2.46. The first kappa shape index (κ1) is 30.5. The van der Waals surface area contributed by atoms with Crippen molar-refractivity contribution in [2.24, 2.45) is 10.9 Å². The topological polar surface area (TPSA) is 167 Å². The van der Waals surface area contributed by atoms with Gasteiger partial charge in [-0.05, 0) is 96.8 Å². The largest absolute Gasteiger partial charge is 0.465 e. The van der Waals surface area contributed by atoms with E-state index in [2.05, 4.69) is 31.5 Å². The van der Waals surface area contributed by atoms with Gasteiger partial charge in [-0.3, -0.25) is 10.1 Å². The third kappa shape index (κ3) is 7.51. The number of rotatable bonds is 9. The van der Waals surface area contributed by atoms with Gasteiger partial charge in [0.2, 0.25) is 5.91 Å². The summed E-state index contributed by atoms with van der Waals surface area (Å²) in [5.74, 6) is 0.515. The molecule has 2 unspecified atom stereocenters. The fraction of sp³-hybridized carbons (Fsp3) is 0.379. The maximum atomic E-state index is 13.3. The van der Waals surface area contributed by atoms with Crippen molar-refractivity contribution in [2.45, 2.75) is 56.2 Å². The Labute approximate surface area is 258 Å². The van der Waals surface area contributed by atoms with E-state index in [0.717, 1.165) is 25.7 Å². The first-order valence-corrected chi connectivity index (χ1v) is 14.7. The Morgan fingerprint density at radius 2 is 2.00 bits per heavy atom. The lowest BCUT2D eigenvalue weighted by atomic mass is 9.83. The summed E-state index contributed by atoms with van der Waals surface area (Å²) in [6, 6.07) is 9.95. The van der Waals surface area contributed by atoms with Crippen molar-refractivity contribution < 1.29 is 19.8 Å². The number of amides is 2. The normalized spacial score (nSPS) is 22.6. The maximum Gasteiger partial charge on any atom is 0.409 e. The minimum absolute atomic E-state index is 0.287. The van der Waals surface area contributed by atoms with Gasteiger partial charge in [-0.2, -0.15) is 4.68 Å².